The van der Waals surface area contributed by atoms with E-state index in [1.54, 1.807) is 18.4 Å². The summed E-state index contributed by atoms with van der Waals surface area (Å²) in [4.78, 5) is 10.1. The zero-order valence-corrected chi connectivity index (χ0v) is 12.6. The molecular weight excluding hydrogens is 260 g/mol. The van der Waals surface area contributed by atoms with Crippen molar-refractivity contribution in [3.63, 3.8) is 0 Å². The highest BCUT2D eigenvalue weighted by molar-refractivity contribution is 7.11. The molecule has 1 unspecified atom stereocenters. The Morgan fingerprint density at radius 2 is 2.26 bits per heavy atom. The molecule has 0 aliphatic carbocycles. The van der Waals surface area contributed by atoms with Crippen molar-refractivity contribution in [3.05, 3.63) is 33.8 Å². The van der Waals surface area contributed by atoms with Gasteiger partial charge in [-0.1, -0.05) is 0 Å². The number of nitrogens with zero attached hydrogens (tertiary/aromatic N) is 3. The quantitative estimate of drug-likeness (QED) is 0.820. The molecule has 104 valence electrons. The van der Waals surface area contributed by atoms with Crippen molar-refractivity contribution in [2.75, 3.05) is 20.3 Å². The van der Waals surface area contributed by atoms with Crippen molar-refractivity contribution in [2.45, 2.75) is 19.9 Å². The second-order valence-corrected chi connectivity index (χ2v) is 5.74. The van der Waals surface area contributed by atoms with Crippen LogP contribution in [0.3, 0.4) is 0 Å². The number of methoxy groups -OCH3 is 1. The first-order chi connectivity index (χ1) is 9.13. The van der Waals surface area contributed by atoms with Crippen LogP contribution in [0.5, 0.6) is 0 Å². The summed E-state index contributed by atoms with van der Waals surface area (Å²) in [6.07, 6.45) is 3.70. The lowest BCUT2D eigenvalue weighted by Gasteiger charge is -2.16. The van der Waals surface area contributed by atoms with Gasteiger partial charge in [0.15, 0.2) is 0 Å². The zero-order chi connectivity index (χ0) is 13.8. The van der Waals surface area contributed by atoms with Crippen molar-refractivity contribution >= 4 is 11.3 Å². The Bertz CT molecular complexity index is 515. The minimum Gasteiger partial charge on any atom is -0.383 e. The van der Waals surface area contributed by atoms with Crippen LogP contribution in [0, 0.1) is 13.8 Å². The highest BCUT2D eigenvalue weighted by Gasteiger charge is 2.20. The predicted octanol–water partition coefficient (Wildman–Crippen LogP) is 1.82. The number of imidazole rings is 1. The Morgan fingerprint density at radius 1 is 1.47 bits per heavy atom. The summed E-state index contributed by atoms with van der Waals surface area (Å²) >= 11 is 1.73. The average Bonchev–Trinajstić information content (AvgIpc) is 2.93. The van der Waals surface area contributed by atoms with Crippen molar-refractivity contribution in [1.29, 1.82) is 0 Å². The van der Waals surface area contributed by atoms with E-state index in [4.69, 9.17) is 4.74 Å². The smallest absolute Gasteiger partial charge is 0.116 e. The predicted molar refractivity (Wildman–Crippen MR) is 76.5 cm³/mol. The molecule has 2 aromatic heterocycles. The van der Waals surface area contributed by atoms with E-state index in [-0.39, 0.29) is 6.04 Å². The van der Waals surface area contributed by atoms with Crippen LogP contribution < -0.4 is 5.32 Å². The summed E-state index contributed by atoms with van der Waals surface area (Å²) in [6.45, 7) is 5.61. The first kappa shape index (κ1) is 14.2. The Morgan fingerprint density at radius 3 is 2.79 bits per heavy atom. The van der Waals surface area contributed by atoms with E-state index in [0.717, 1.165) is 22.9 Å². The molecule has 5 nitrogen and oxygen atoms in total. The number of rotatable bonds is 6. The van der Waals surface area contributed by atoms with Crippen LogP contribution in [0.25, 0.3) is 0 Å². The van der Waals surface area contributed by atoms with Crippen LogP contribution in [-0.4, -0.2) is 34.8 Å². The number of aryl methyl sites for hydroxylation is 3. The van der Waals surface area contributed by atoms with Gasteiger partial charge in [-0.05, 0) is 13.8 Å². The van der Waals surface area contributed by atoms with Crippen LogP contribution in [0.2, 0.25) is 0 Å². The van der Waals surface area contributed by atoms with Gasteiger partial charge in [0.05, 0.1) is 30.5 Å². The number of ether oxygens (including phenoxy) is 1. The van der Waals surface area contributed by atoms with Gasteiger partial charge in [0.25, 0.3) is 0 Å². The summed E-state index contributed by atoms with van der Waals surface area (Å²) in [6, 6.07) is 0.0695. The Balaban J connectivity index is 2.26. The molecule has 2 heterocycles. The second kappa shape index (κ2) is 6.27. The zero-order valence-electron chi connectivity index (χ0n) is 11.8. The highest BCUT2D eigenvalue weighted by atomic mass is 32.1. The number of hydrogen-bond acceptors (Lipinski definition) is 5. The van der Waals surface area contributed by atoms with E-state index in [0.29, 0.717) is 6.61 Å². The maximum Gasteiger partial charge on any atom is 0.116 e. The SMILES string of the molecule is COCCNC(c1nc(C)c(C)s1)c1cncn1C. The minimum absolute atomic E-state index is 0.0695. The average molecular weight is 280 g/mol. The Labute approximate surface area is 117 Å². The summed E-state index contributed by atoms with van der Waals surface area (Å²) in [7, 11) is 3.71. The molecule has 0 amide bonds. The molecule has 2 rings (SSSR count). The fourth-order valence-electron chi connectivity index (χ4n) is 1.89. The number of nitrogens with one attached hydrogen (secondary N) is 1. The number of aromatic nitrogens is 3. The van der Waals surface area contributed by atoms with Gasteiger partial charge < -0.3 is 14.6 Å². The molecule has 1 N–H and O–H groups in total. The third kappa shape index (κ3) is 3.20. The van der Waals surface area contributed by atoms with Crippen LogP contribution in [0.15, 0.2) is 12.5 Å². The molecule has 19 heavy (non-hydrogen) atoms. The molecule has 0 saturated carbocycles. The largest absolute Gasteiger partial charge is 0.383 e. The van der Waals surface area contributed by atoms with Gasteiger partial charge in [-0.3, -0.25) is 0 Å². The summed E-state index contributed by atoms with van der Waals surface area (Å²) in [5, 5.41) is 4.56. The van der Waals surface area contributed by atoms with E-state index < -0.39 is 0 Å². The van der Waals surface area contributed by atoms with Crippen LogP contribution in [0.1, 0.15) is 27.3 Å². The molecule has 0 saturated heterocycles. The van der Waals surface area contributed by atoms with E-state index in [9.17, 15) is 0 Å². The van der Waals surface area contributed by atoms with Crippen molar-refractivity contribution in [3.8, 4) is 0 Å². The van der Waals surface area contributed by atoms with Crippen LogP contribution >= 0.6 is 11.3 Å². The molecular formula is C13H20N4OS. The monoisotopic (exact) mass is 280 g/mol. The van der Waals surface area contributed by atoms with Gasteiger partial charge in [-0.15, -0.1) is 11.3 Å². The molecule has 0 radical (unpaired) electrons. The standard InChI is InChI=1S/C13H20N4OS/c1-9-10(2)19-13(16-9)12(15-5-6-18-4)11-7-14-8-17(11)3/h7-8,12,15H,5-6H2,1-4H3. The van der Waals surface area contributed by atoms with Crippen molar-refractivity contribution in [1.82, 2.24) is 19.9 Å². The molecule has 2 aromatic rings. The number of hydrogen-bond donors (Lipinski definition) is 1. The van der Waals surface area contributed by atoms with E-state index in [1.807, 2.05) is 31.1 Å². The van der Waals surface area contributed by atoms with Gasteiger partial charge in [-0.25, -0.2) is 9.97 Å². The fraction of sp³-hybridized carbons (Fsp3) is 0.538. The molecule has 1 atom stereocenters. The normalized spacial score (nSPS) is 12.8. The van der Waals surface area contributed by atoms with Gasteiger partial charge in [0, 0.05) is 25.6 Å². The minimum atomic E-state index is 0.0695. The Hall–Kier alpha value is -1.24. The third-order valence-corrected chi connectivity index (χ3v) is 4.23. The summed E-state index contributed by atoms with van der Waals surface area (Å²) in [5.74, 6) is 0. The van der Waals surface area contributed by atoms with Gasteiger partial charge in [-0.2, -0.15) is 0 Å². The topological polar surface area (TPSA) is 52.0 Å². The third-order valence-electron chi connectivity index (χ3n) is 3.10. The van der Waals surface area contributed by atoms with Crippen LogP contribution in [-0.2, 0) is 11.8 Å². The van der Waals surface area contributed by atoms with E-state index in [1.165, 1.54) is 4.88 Å². The molecule has 0 fully saturated rings. The molecule has 0 spiro atoms. The first-order valence-electron chi connectivity index (χ1n) is 6.26. The van der Waals surface area contributed by atoms with E-state index in [2.05, 4.69) is 22.2 Å². The van der Waals surface area contributed by atoms with Gasteiger partial charge >= 0.3 is 0 Å². The summed E-state index contributed by atoms with van der Waals surface area (Å²) < 4.78 is 7.13. The molecule has 0 aromatic carbocycles. The Kier molecular flexibility index (Phi) is 4.68. The highest BCUT2D eigenvalue weighted by Crippen LogP contribution is 2.27. The lowest BCUT2D eigenvalue weighted by atomic mass is 10.2. The van der Waals surface area contributed by atoms with Gasteiger partial charge in [0.1, 0.15) is 11.0 Å². The molecule has 0 aliphatic rings. The molecule has 6 heteroatoms. The lowest BCUT2D eigenvalue weighted by Crippen LogP contribution is -2.27. The molecule has 0 bridgehead atoms. The molecule has 0 aliphatic heterocycles. The lowest BCUT2D eigenvalue weighted by molar-refractivity contribution is 0.197. The number of thiazole rings is 1. The summed E-state index contributed by atoms with van der Waals surface area (Å²) in [5.41, 5.74) is 2.21. The fourth-order valence-corrected chi connectivity index (χ4v) is 2.90. The maximum atomic E-state index is 5.10. The second-order valence-electron chi connectivity index (χ2n) is 4.50. The van der Waals surface area contributed by atoms with Crippen molar-refractivity contribution in [2.24, 2.45) is 7.05 Å². The maximum absolute atomic E-state index is 5.10. The van der Waals surface area contributed by atoms with Gasteiger partial charge in [0.2, 0.25) is 0 Å². The first-order valence-corrected chi connectivity index (χ1v) is 7.07. The van der Waals surface area contributed by atoms with E-state index >= 15 is 0 Å². The van der Waals surface area contributed by atoms with Crippen LogP contribution in [0.4, 0.5) is 0 Å². The van der Waals surface area contributed by atoms with Crippen molar-refractivity contribution < 1.29 is 4.74 Å².